The molecule has 1 aliphatic rings. The fourth-order valence-corrected chi connectivity index (χ4v) is 4.15. The summed E-state index contributed by atoms with van der Waals surface area (Å²) in [6, 6.07) is 9.10. The Hall–Kier alpha value is -2.75. The van der Waals surface area contributed by atoms with Crippen molar-refractivity contribution in [2.24, 2.45) is 0 Å². The van der Waals surface area contributed by atoms with Crippen LogP contribution in [0.15, 0.2) is 30.3 Å². The number of aromatic nitrogens is 2. The van der Waals surface area contributed by atoms with E-state index in [1.54, 1.807) is 12.1 Å². The number of hydrogen-bond donors (Lipinski definition) is 4. The Morgan fingerprint density at radius 2 is 2.21 bits per heavy atom. The van der Waals surface area contributed by atoms with E-state index >= 15 is 0 Å². The molecule has 0 radical (unpaired) electrons. The topological polar surface area (TPSA) is 108 Å². The molecule has 29 heavy (non-hydrogen) atoms. The van der Waals surface area contributed by atoms with Crippen LogP contribution in [0.25, 0.3) is 10.2 Å². The molecular formula is C20H23N5O3S. The van der Waals surface area contributed by atoms with Crippen LogP contribution in [-0.4, -0.2) is 54.4 Å². The van der Waals surface area contributed by atoms with Gasteiger partial charge < -0.3 is 20.7 Å². The first-order valence-electron chi connectivity index (χ1n) is 9.56. The van der Waals surface area contributed by atoms with Crippen molar-refractivity contribution in [2.75, 3.05) is 31.6 Å². The molecule has 2 aromatic heterocycles. The lowest BCUT2D eigenvalue weighted by Gasteiger charge is -2.23. The molecule has 4 rings (SSSR count). The van der Waals surface area contributed by atoms with Crippen molar-refractivity contribution >= 4 is 39.2 Å². The molecule has 1 saturated heterocycles. The number of thiophene rings is 1. The summed E-state index contributed by atoms with van der Waals surface area (Å²) in [5.74, 6) is 0.0446. The van der Waals surface area contributed by atoms with Crippen LogP contribution < -0.4 is 16.0 Å². The minimum atomic E-state index is -0.236. The van der Waals surface area contributed by atoms with Crippen molar-refractivity contribution in [1.82, 2.24) is 20.8 Å². The van der Waals surface area contributed by atoms with Gasteiger partial charge in [0.2, 0.25) is 0 Å². The van der Waals surface area contributed by atoms with Crippen molar-refractivity contribution in [1.29, 1.82) is 0 Å². The van der Waals surface area contributed by atoms with E-state index in [-0.39, 0.29) is 17.9 Å². The quantitative estimate of drug-likeness (QED) is 0.496. The summed E-state index contributed by atoms with van der Waals surface area (Å²) in [5.41, 5.74) is 1.57. The molecule has 4 N–H and O–H groups in total. The van der Waals surface area contributed by atoms with E-state index in [0.717, 1.165) is 35.3 Å². The summed E-state index contributed by atoms with van der Waals surface area (Å²) >= 11 is 1.31. The van der Waals surface area contributed by atoms with Crippen molar-refractivity contribution < 1.29 is 14.3 Å². The number of carbonyl (C=O) groups is 2. The molecule has 8 nitrogen and oxygen atoms in total. The van der Waals surface area contributed by atoms with E-state index in [1.165, 1.54) is 11.3 Å². The number of rotatable bonds is 6. The van der Waals surface area contributed by atoms with Gasteiger partial charge in [-0.1, -0.05) is 17.7 Å². The highest BCUT2D eigenvalue weighted by Gasteiger charge is 2.18. The number of anilines is 1. The normalized spacial score (nSPS) is 16.7. The summed E-state index contributed by atoms with van der Waals surface area (Å²) in [5, 5.41) is 16.8. The molecule has 0 aliphatic carbocycles. The maximum absolute atomic E-state index is 12.5. The molecule has 1 fully saturated rings. The zero-order valence-electron chi connectivity index (χ0n) is 16.1. The summed E-state index contributed by atoms with van der Waals surface area (Å²) in [4.78, 5) is 26.3. The van der Waals surface area contributed by atoms with Gasteiger partial charge in [0.1, 0.15) is 4.83 Å². The average molecular weight is 414 g/mol. The third kappa shape index (κ3) is 4.64. The number of benzene rings is 1. The summed E-state index contributed by atoms with van der Waals surface area (Å²) in [7, 11) is 0. The molecule has 152 valence electrons. The fraction of sp³-hybridized carbons (Fsp3) is 0.350. The van der Waals surface area contributed by atoms with Crippen LogP contribution in [0.1, 0.15) is 32.0 Å². The van der Waals surface area contributed by atoms with Gasteiger partial charge in [-0.25, -0.2) is 0 Å². The van der Waals surface area contributed by atoms with Gasteiger partial charge in [-0.2, -0.15) is 5.10 Å². The predicted molar refractivity (Wildman–Crippen MR) is 113 cm³/mol. The number of amides is 2. The SMILES string of the molecule is Cc1cccc(C(=O)Nc2n[nH]c3sc(C(=O)NCCC4CNCCO4)cc23)c1. The van der Waals surface area contributed by atoms with Crippen LogP contribution in [0.3, 0.4) is 0 Å². The van der Waals surface area contributed by atoms with Gasteiger partial charge in [0.05, 0.1) is 23.0 Å². The monoisotopic (exact) mass is 413 g/mol. The number of H-pyrrole nitrogens is 1. The highest BCUT2D eigenvalue weighted by atomic mass is 32.1. The summed E-state index contributed by atoms with van der Waals surface area (Å²) < 4.78 is 5.63. The second-order valence-electron chi connectivity index (χ2n) is 6.99. The third-order valence-electron chi connectivity index (χ3n) is 4.75. The molecule has 3 aromatic rings. The van der Waals surface area contributed by atoms with E-state index in [0.29, 0.717) is 29.4 Å². The van der Waals surface area contributed by atoms with Gasteiger partial charge in [-0.05, 0) is 31.5 Å². The van der Waals surface area contributed by atoms with E-state index in [4.69, 9.17) is 4.74 Å². The van der Waals surface area contributed by atoms with Crippen molar-refractivity contribution in [3.63, 3.8) is 0 Å². The van der Waals surface area contributed by atoms with Gasteiger partial charge in [0, 0.05) is 25.2 Å². The number of carbonyl (C=O) groups excluding carboxylic acids is 2. The van der Waals surface area contributed by atoms with Crippen LogP contribution >= 0.6 is 11.3 Å². The largest absolute Gasteiger partial charge is 0.376 e. The summed E-state index contributed by atoms with van der Waals surface area (Å²) in [6.07, 6.45) is 0.899. The van der Waals surface area contributed by atoms with Gasteiger partial charge in [-0.15, -0.1) is 11.3 Å². The molecule has 3 heterocycles. The van der Waals surface area contributed by atoms with Crippen LogP contribution in [0.5, 0.6) is 0 Å². The zero-order chi connectivity index (χ0) is 20.2. The second-order valence-corrected chi connectivity index (χ2v) is 8.04. The minimum absolute atomic E-state index is 0.134. The lowest BCUT2D eigenvalue weighted by Crippen LogP contribution is -2.40. The Bertz CT molecular complexity index is 1020. The lowest BCUT2D eigenvalue weighted by atomic mass is 10.1. The molecule has 9 heteroatoms. The van der Waals surface area contributed by atoms with Crippen molar-refractivity contribution in [3.8, 4) is 0 Å². The lowest BCUT2D eigenvalue weighted by molar-refractivity contribution is 0.0239. The fourth-order valence-electron chi connectivity index (χ4n) is 3.23. The van der Waals surface area contributed by atoms with E-state index in [9.17, 15) is 9.59 Å². The van der Waals surface area contributed by atoms with Crippen LogP contribution in [0.4, 0.5) is 5.82 Å². The first-order valence-corrected chi connectivity index (χ1v) is 10.4. The van der Waals surface area contributed by atoms with E-state index in [2.05, 4.69) is 26.1 Å². The molecular weight excluding hydrogens is 390 g/mol. The van der Waals surface area contributed by atoms with Crippen molar-refractivity contribution in [3.05, 3.63) is 46.3 Å². The first kappa shape index (κ1) is 19.6. The molecule has 1 aliphatic heterocycles. The van der Waals surface area contributed by atoms with Gasteiger partial charge in [0.15, 0.2) is 5.82 Å². The molecule has 0 saturated carbocycles. The highest BCUT2D eigenvalue weighted by molar-refractivity contribution is 7.20. The Morgan fingerprint density at radius 1 is 1.31 bits per heavy atom. The third-order valence-corrected chi connectivity index (χ3v) is 5.79. The maximum Gasteiger partial charge on any atom is 0.261 e. The Morgan fingerprint density at radius 3 is 3.00 bits per heavy atom. The number of hydrogen-bond acceptors (Lipinski definition) is 6. The summed E-state index contributed by atoms with van der Waals surface area (Å²) in [6.45, 7) is 4.88. The van der Waals surface area contributed by atoms with Crippen molar-refractivity contribution in [2.45, 2.75) is 19.4 Å². The molecule has 0 bridgehead atoms. The molecule has 0 spiro atoms. The number of ether oxygens (including phenoxy) is 1. The second kappa shape index (κ2) is 8.73. The Labute approximate surface area is 172 Å². The molecule has 1 aromatic carbocycles. The maximum atomic E-state index is 12.5. The van der Waals surface area contributed by atoms with Crippen LogP contribution in [-0.2, 0) is 4.74 Å². The first-order chi connectivity index (χ1) is 14.1. The van der Waals surface area contributed by atoms with E-state index in [1.807, 2.05) is 25.1 Å². The Balaban J connectivity index is 1.39. The number of aryl methyl sites for hydroxylation is 1. The predicted octanol–water partition coefficient (Wildman–Crippen LogP) is 2.29. The number of nitrogens with zero attached hydrogens (tertiary/aromatic N) is 1. The van der Waals surface area contributed by atoms with Gasteiger partial charge in [-0.3, -0.25) is 14.7 Å². The standard InChI is InChI=1S/C20H23N5O3S/c1-12-3-2-4-13(9-12)18(26)23-17-15-10-16(29-20(15)25-24-17)19(27)22-6-5-14-11-21-7-8-28-14/h2-4,9-10,14,21H,5-8,11H2,1H3,(H,22,27)(H2,23,24,25,26). The zero-order valence-corrected chi connectivity index (χ0v) is 16.9. The van der Waals surface area contributed by atoms with Gasteiger partial charge >= 0.3 is 0 Å². The number of fused-ring (bicyclic) bond motifs is 1. The average Bonchev–Trinajstić information content (AvgIpc) is 3.31. The number of aromatic amines is 1. The Kier molecular flexibility index (Phi) is 5.89. The van der Waals surface area contributed by atoms with Crippen LogP contribution in [0, 0.1) is 6.92 Å². The number of morpholine rings is 1. The number of nitrogens with one attached hydrogen (secondary N) is 4. The van der Waals surface area contributed by atoms with E-state index < -0.39 is 0 Å². The smallest absolute Gasteiger partial charge is 0.261 e. The molecule has 1 atom stereocenters. The molecule has 2 amide bonds. The molecule has 1 unspecified atom stereocenters. The minimum Gasteiger partial charge on any atom is -0.376 e. The van der Waals surface area contributed by atoms with Gasteiger partial charge in [0.25, 0.3) is 11.8 Å². The van der Waals surface area contributed by atoms with Crippen LogP contribution in [0.2, 0.25) is 0 Å². The highest BCUT2D eigenvalue weighted by Crippen LogP contribution is 2.29.